The minimum atomic E-state index is -0.501. The van der Waals surface area contributed by atoms with Gasteiger partial charge in [0.25, 0.3) is 0 Å². The number of carbonyl (C=O) groups excluding carboxylic acids is 2. The third-order valence-electron chi connectivity index (χ3n) is 3.23. The highest BCUT2D eigenvalue weighted by Gasteiger charge is 2.21. The van der Waals surface area contributed by atoms with E-state index in [0.29, 0.717) is 12.1 Å². The molecular formula is C15H18N2O2. The van der Waals surface area contributed by atoms with Crippen molar-refractivity contribution in [1.82, 2.24) is 0 Å². The van der Waals surface area contributed by atoms with E-state index in [2.05, 4.69) is 12.2 Å². The highest BCUT2D eigenvalue weighted by Crippen LogP contribution is 2.23. The van der Waals surface area contributed by atoms with Crippen LogP contribution in [0.5, 0.6) is 0 Å². The molecule has 2 amide bonds. The number of nitrogens with zero attached hydrogens (tertiary/aromatic N) is 1. The number of carbonyl (C=O) groups is 2. The Morgan fingerprint density at radius 3 is 2.58 bits per heavy atom. The summed E-state index contributed by atoms with van der Waals surface area (Å²) in [5.41, 5.74) is 5.95. The summed E-state index contributed by atoms with van der Waals surface area (Å²) in [4.78, 5) is 24.9. The van der Waals surface area contributed by atoms with Gasteiger partial charge in [0.05, 0.1) is 0 Å². The molecule has 1 aromatic carbocycles. The summed E-state index contributed by atoms with van der Waals surface area (Å²) in [5.74, 6) is -0.271. The monoisotopic (exact) mass is 258 g/mol. The van der Waals surface area contributed by atoms with E-state index in [9.17, 15) is 9.59 Å². The van der Waals surface area contributed by atoms with E-state index in [1.807, 2.05) is 30.3 Å². The summed E-state index contributed by atoms with van der Waals surface area (Å²) in [6.45, 7) is -0.0702. The zero-order valence-electron chi connectivity index (χ0n) is 10.8. The number of primary amides is 1. The lowest BCUT2D eigenvalue weighted by molar-refractivity contribution is -0.122. The molecule has 0 unspecified atom stereocenters. The van der Waals surface area contributed by atoms with Gasteiger partial charge in [0, 0.05) is 12.1 Å². The summed E-state index contributed by atoms with van der Waals surface area (Å²) >= 11 is 0. The molecule has 0 heterocycles. The standard InChI is InChI=1S/C15H18N2O2/c16-14(18)11-17(13-8-2-1-3-9-13)15(19)10-12-6-4-5-7-12/h1-4,6,8-9,12H,5,7,10-11H2,(H2,16,18)/t12-/m1/s1. The van der Waals surface area contributed by atoms with Crippen LogP contribution in [-0.4, -0.2) is 18.4 Å². The molecule has 1 aliphatic carbocycles. The van der Waals surface area contributed by atoms with E-state index in [-0.39, 0.29) is 18.4 Å². The van der Waals surface area contributed by atoms with Crippen LogP contribution >= 0.6 is 0 Å². The van der Waals surface area contributed by atoms with Crippen molar-refractivity contribution in [3.8, 4) is 0 Å². The van der Waals surface area contributed by atoms with Crippen molar-refractivity contribution < 1.29 is 9.59 Å². The number of hydrogen-bond acceptors (Lipinski definition) is 2. The van der Waals surface area contributed by atoms with Gasteiger partial charge in [0.1, 0.15) is 6.54 Å². The van der Waals surface area contributed by atoms with Crippen LogP contribution < -0.4 is 10.6 Å². The second kappa shape index (κ2) is 6.18. The maximum atomic E-state index is 12.3. The van der Waals surface area contributed by atoms with Crippen LogP contribution in [0.25, 0.3) is 0 Å². The zero-order valence-corrected chi connectivity index (χ0v) is 10.8. The summed E-state index contributed by atoms with van der Waals surface area (Å²) in [7, 11) is 0. The van der Waals surface area contributed by atoms with E-state index >= 15 is 0 Å². The molecule has 19 heavy (non-hydrogen) atoms. The maximum Gasteiger partial charge on any atom is 0.237 e. The first-order valence-corrected chi connectivity index (χ1v) is 6.47. The first-order valence-electron chi connectivity index (χ1n) is 6.47. The van der Waals surface area contributed by atoms with E-state index in [0.717, 1.165) is 12.8 Å². The molecule has 4 nitrogen and oxygen atoms in total. The number of para-hydroxylation sites is 1. The molecule has 2 rings (SSSR count). The van der Waals surface area contributed by atoms with E-state index in [1.54, 1.807) is 0 Å². The van der Waals surface area contributed by atoms with Crippen molar-refractivity contribution in [1.29, 1.82) is 0 Å². The van der Waals surface area contributed by atoms with Crippen LogP contribution in [0.1, 0.15) is 19.3 Å². The molecule has 0 saturated carbocycles. The molecule has 0 spiro atoms. The first kappa shape index (κ1) is 13.3. The van der Waals surface area contributed by atoms with Crippen molar-refractivity contribution in [2.75, 3.05) is 11.4 Å². The van der Waals surface area contributed by atoms with Gasteiger partial charge in [-0.25, -0.2) is 0 Å². The van der Waals surface area contributed by atoms with Crippen LogP contribution in [0.15, 0.2) is 42.5 Å². The van der Waals surface area contributed by atoms with Gasteiger partial charge in [-0.2, -0.15) is 0 Å². The van der Waals surface area contributed by atoms with E-state index < -0.39 is 5.91 Å². The van der Waals surface area contributed by atoms with Gasteiger partial charge in [0.2, 0.25) is 11.8 Å². The molecule has 0 aromatic heterocycles. The molecule has 1 aromatic rings. The fraction of sp³-hybridized carbons (Fsp3) is 0.333. The quantitative estimate of drug-likeness (QED) is 0.819. The van der Waals surface area contributed by atoms with Crippen LogP contribution in [0.2, 0.25) is 0 Å². The average Bonchev–Trinajstić information content (AvgIpc) is 2.89. The normalized spacial score (nSPS) is 17.4. The Kier molecular flexibility index (Phi) is 4.34. The van der Waals surface area contributed by atoms with Gasteiger partial charge in [-0.1, -0.05) is 30.4 Å². The zero-order chi connectivity index (χ0) is 13.7. The molecule has 0 aliphatic heterocycles. The van der Waals surface area contributed by atoms with E-state index in [4.69, 9.17) is 5.73 Å². The third-order valence-corrected chi connectivity index (χ3v) is 3.23. The summed E-state index contributed by atoms with van der Waals surface area (Å²) < 4.78 is 0. The number of amides is 2. The molecule has 1 aliphatic rings. The number of allylic oxidation sites excluding steroid dienone is 2. The number of anilines is 1. The smallest absolute Gasteiger partial charge is 0.237 e. The van der Waals surface area contributed by atoms with Crippen LogP contribution in [-0.2, 0) is 9.59 Å². The van der Waals surface area contributed by atoms with Crippen LogP contribution in [0.3, 0.4) is 0 Å². The Morgan fingerprint density at radius 2 is 2.00 bits per heavy atom. The van der Waals surface area contributed by atoms with E-state index in [1.165, 1.54) is 4.90 Å². The second-order valence-electron chi connectivity index (χ2n) is 4.75. The highest BCUT2D eigenvalue weighted by molar-refractivity contribution is 5.98. The minimum Gasteiger partial charge on any atom is -0.368 e. The summed E-state index contributed by atoms with van der Waals surface area (Å²) in [6, 6.07) is 9.17. The lowest BCUT2D eigenvalue weighted by atomic mass is 10.0. The average molecular weight is 258 g/mol. The topological polar surface area (TPSA) is 63.4 Å². The third kappa shape index (κ3) is 3.68. The number of benzene rings is 1. The summed E-state index contributed by atoms with van der Waals surface area (Å²) in [6.07, 6.45) is 6.63. The molecule has 0 saturated heterocycles. The number of hydrogen-bond donors (Lipinski definition) is 1. The fourth-order valence-electron chi connectivity index (χ4n) is 2.29. The Morgan fingerprint density at radius 1 is 1.26 bits per heavy atom. The van der Waals surface area contributed by atoms with Gasteiger partial charge < -0.3 is 10.6 Å². The molecule has 4 heteroatoms. The van der Waals surface area contributed by atoms with Gasteiger partial charge in [-0.15, -0.1) is 0 Å². The Labute approximate surface area is 112 Å². The molecule has 2 N–H and O–H groups in total. The number of rotatable bonds is 5. The highest BCUT2D eigenvalue weighted by atomic mass is 16.2. The van der Waals surface area contributed by atoms with Crippen molar-refractivity contribution in [2.24, 2.45) is 11.7 Å². The van der Waals surface area contributed by atoms with Crippen molar-refractivity contribution >= 4 is 17.5 Å². The SMILES string of the molecule is NC(=O)CN(C(=O)C[C@@H]1C=CCC1)c1ccccc1. The van der Waals surface area contributed by atoms with Gasteiger partial charge in [0.15, 0.2) is 0 Å². The molecule has 0 fully saturated rings. The molecule has 1 atom stereocenters. The Hall–Kier alpha value is -2.10. The van der Waals surface area contributed by atoms with Crippen molar-refractivity contribution in [2.45, 2.75) is 19.3 Å². The largest absolute Gasteiger partial charge is 0.368 e. The van der Waals surface area contributed by atoms with Crippen molar-refractivity contribution in [3.63, 3.8) is 0 Å². The van der Waals surface area contributed by atoms with Crippen molar-refractivity contribution in [3.05, 3.63) is 42.5 Å². The Bertz CT molecular complexity index is 482. The maximum absolute atomic E-state index is 12.3. The first-order chi connectivity index (χ1) is 9.16. The lowest BCUT2D eigenvalue weighted by Crippen LogP contribution is -2.39. The second-order valence-corrected chi connectivity index (χ2v) is 4.75. The summed E-state index contributed by atoms with van der Waals surface area (Å²) in [5, 5.41) is 0. The number of nitrogens with two attached hydrogens (primary N) is 1. The fourth-order valence-corrected chi connectivity index (χ4v) is 2.29. The predicted octanol–water partition coefficient (Wildman–Crippen LogP) is 1.86. The van der Waals surface area contributed by atoms with Gasteiger partial charge >= 0.3 is 0 Å². The molecule has 0 radical (unpaired) electrons. The molecular weight excluding hydrogens is 240 g/mol. The van der Waals surface area contributed by atoms with Gasteiger partial charge in [-0.05, 0) is 30.9 Å². The predicted molar refractivity (Wildman–Crippen MR) is 74.5 cm³/mol. The molecule has 0 bridgehead atoms. The Balaban J connectivity index is 2.10. The lowest BCUT2D eigenvalue weighted by Gasteiger charge is -2.22. The van der Waals surface area contributed by atoms with Gasteiger partial charge in [-0.3, -0.25) is 9.59 Å². The van der Waals surface area contributed by atoms with Crippen LogP contribution in [0, 0.1) is 5.92 Å². The van der Waals surface area contributed by atoms with Crippen LogP contribution in [0.4, 0.5) is 5.69 Å². The minimum absolute atomic E-state index is 0.0541. The molecule has 100 valence electrons.